The van der Waals surface area contributed by atoms with Crippen molar-refractivity contribution in [1.29, 1.82) is 0 Å². The molecule has 0 spiro atoms. The van der Waals surface area contributed by atoms with E-state index in [0.717, 1.165) is 24.0 Å². The van der Waals surface area contributed by atoms with Crippen molar-refractivity contribution in [3.63, 3.8) is 0 Å². The maximum atomic E-state index is 10.4. The number of rotatable bonds is 7. The highest BCUT2D eigenvalue weighted by Gasteiger charge is 2.03. The molecule has 0 amide bonds. The molecule has 0 unspecified atom stereocenters. The molecular weight excluding hydrogens is 280 g/mol. The summed E-state index contributed by atoms with van der Waals surface area (Å²) in [7, 11) is 0. The molecule has 0 saturated carbocycles. The average molecular weight is 298 g/mol. The molecule has 0 fully saturated rings. The summed E-state index contributed by atoms with van der Waals surface area (Å²) in [4.78, 5) is 11.7. The third-order valence-corrected chi connectivity index (χ3v) is 4.00. The molecule has 0 aliphatic heterocycles. The van der Waals surface area contributed by atoms with Gasteiger partial charge in [-0.1, -0.05) is 42.5 Å². The van der Waals surface area contributed by atoms with Crippen molar-refractivity contribution in [2.75, 3.05) is 6.26 Å². The highest BCUT2D eigenvalue weighted by Crippen LogP contribution is 2.22. The standard InChI is InChI=1S/C18H18O2S/c1-21-18-11-8-15(9-12-18)7-10-17(13-20-14-19)16-5-3-2-4-6-16/h2-6,8-9,11-14H,7,10H2,1H3. The van der Waals surface area contributed by atoms with Gasteiger partial charge in [-0.15, -0.1) is 11.8 Å². The van der Waals surface area contributed by atoms with Gasteiger partial charge in [0.05, 0.1) is 6.26 Å². The first-order chi connectivity index (χ1) is 10.3. The van der Waals surface area contributed by atoms with Gasteiger partial charge in [0.15, 0.2) is 0 Å². The maximum absolute atomic E-state index is 10.4. The molecule has 2 aromatic carbocycles. The van der Waals surface area contributed by atoms with Gasteiger partial charge in [-0.25, -0.2) is 0 Å². The summed E-state index contributed by atoms with van der Waals surface area (Å²) in [6.07, 6.45) is 5.36. The molecule has 2 aromatic rings. The molecule has 2 nitrogen and oxygen atoms in total. The first-order valence-electron chi connectivity index (χ1n) is 6.80. The lowest BCUT2D eigenvalue weighted by Crippen LogP contribution is -1.91. The fourth-order valence-electron chi connectivity index (χ4n) is 2.10. The van der Waals surface area contributed by atoms with E-state index in [2.05, 4.69) is 30.5 Å². The second-order valence-electron chi connectivity index (χ2n) is 4.59. The molecule has 0 aromatic heterocycles. The van der Waals surface area contributed by atoms with Crippen LogP contribution >= 0.6 is 11.8 Å². The number of hydrogen-bond acceptors (Lipinski definition) is 3. The lowest BCUT2D eigenvalue weighted by atomic mass is 9.99. The van der Waals surface area contributed by atoms with Gasteiger partial charge in [-0.05, 0) is 47.9 Å². The van der Waals surface area contributed by atoms with Gasteiger partial charge in [0.1, 0.15) is 0 Å². The van der Waals surface area contributed by atoms with Crippen molar-refractivity contribution < 1.29 is 9.53 Å². The van der Waals surface area contributed by atoms with E-state index >= 15 is 0 Å². The minimum absolute atomic E-state index is 0.455. The molecule has 2 rings (SSSR count). The first-order valence-corrected chi connectivity index (χ1v) is 8.02. The largest absolute Gasteiger partial charge is 0.436 e. The summed E-state index contributed by atoms with van der Waals surface area (Å²) in [6, 6.07) is 18.6. The van der Waals surface area contributed by atoms with Crippen LogP contribution in [0.1, 0.15) is 17.5 Å². The van der Waals surface area contributed by atoms with E-state index in [1.54, 1.807) is 18.0 Å². The van der Waals surface area contributed by atoms with Crippen molar-refractivity contribution in [3.8, 4) is 0 Å². The van der Waals surface area contributed by atoms with Gasteiger partial charge < -0.3 is 4.74 Å². The molecule has 0 saturated heterocycles. The van der Waals surface area contributed by atoms with Crippen molar-refractivity contribution in [2.24, 2.45) is 0 Å². The number of allylic oxidation sites excluding steroid dienone is 1. The smallest absolute Gasteiger partial charge is 0.297 e. The predicted molar refractivity (Wildman–Crippen MR) is 88.1 cm³/mol. The number of hydrogen-bond donors (Lipinski definition) is 0. The zero-order valence-corrected chi connectivity index (χ0v) is 12.8. The minimum atomic E-state index is 0.455. The summed E-state index contributed by atoms with van der Waals surface area (Å²) in [5.74, 6) is 0. The summed E-state index contributed by atoms with van der Waals surface area (Å²) in [6.45, 7) is 0.455. The van der Waals surface area contributed by atoms with Crippen LogP contribution in [0.5, 0.6) is 0 Å². The van der Waals surface area contributed by atoms with Crippen molar-refractivity contribution >= 4 is 23.8 Å². The minimum Gasteiger partial charge on any atom is -0.436 e. The topological polar surface area (TPSA) is 26.3 Å². The molecule has 0 aliphatic rings. The molecule has 0 N–H and O–H groups in total. The normalized spacial score (nSPS) is 11.2. The Kier molecular flexibility index (Phi) is 6.10. The van der Waals surface area contributed by atoms with Crippen LogP contribution in [0, 0.1) is 0 Å². The van der Waals surface area contributed by atoms with E-state index in [0.29, 0.717) is 6.47 Å². The molecule has 21 heavy (non-hydrogen) atoms. The second-order valence-corrected chi connectivity index (χ2v) is 5.47. The monoisotopic (exact) mass is 298 g/mol. The summed E-state index contributed by atoms with van der Waals surface area (Å²) in [5.41, 5.74) is 3.39. The Labute approximate surface area is 129 Å². The van der Waals surface area contributed by atoms with Crippen LogP contribution in [0.25, 0.3) is 5.57 Å². The van der Waals surface area contributed by atoms with Crippen molar-refractivity contribution in [2.45, 2.75) is 17.7 Å². The summed E-state index contributed by atoms with van der Waals surface area (Å²) in [5, 5.41) is 0. The van der Waals surface area contributed by atoms with Crippen LogP contribution in [0.4, 0.5) is 0 Å². The van der Waals surface area contributed by atoms with E-state index in [1.807, 2.05) is 30.3 Å². The lowest BCUT2D eigenvalue weighted by Gasteiger charge is -2.08. The highest BCUT2D eigenvalue weighted by molar-refractivity contribution is 7.98. The Morgan fingerprint density at radius 3 is 2.43 bits per heavy atom. The van der Waals surface area contributed by atoms with Crippen LogP contribution in [0.15, 0.2) is 65.8 Å². The molecule has 0 bridgehead atoms. The van der Waals surface area contributed by atoms with Crippen LogP contribution in [-0.4, -0.2) is 12.7 Å². The Hall–Kier alpha value is -2.00. The van der Waals surface area contributed by atoms with E-state index in [4.69, 9.17) is 4.74 Å². The molecule has 0 radical (unpaired) electrons. The molecular formula is C18H18O2S. The molecule has 108 valence electrons. The van der Waals surface area contributed by atoms with Crippen LogP contribution in [0.2, 0.25) is 0 Å². The Morgan fingerprint density at radius 2 is 1.81 bits per heavy atom. The average Bonchev–Trinajstić information content (AvgIpc) is 2.56. The maximum Gasteiger partial charge on any atom is 0.297 e. The highest BCUT2D eigenvalue weighted by atomic mass is 32.2. The quantitative estimate of drug-likeness (QED) is 0.426. The first kappa shape index (κ1) is 15.4. The van der Waals surface area contributed by atoms with Gasteiger partial charge in [-0.3, -0.25) is 4.79 Å². The van der Waals surface area contributed by atoms with Crippen molar-refractivity contribution in [1.82, 2.24) is 0 Å². The third kappa shape index (κ3) is 4.80. The lowest BCUT2D eigenvalue weighted by molar-refractivity contribution is -0.123. The number of thioether (sulfide) groups is 1. The summed E-state index contributed by atoms with van der Waals surface area (Å²) < 4.78 is 4.83. The number of carbonyl (C=O) groups is 1. The number of aryl methyl sites for hydroxylation is 1. The second kappa shape index (κ2) is 8.32. The SMILES string of the molecule is CSc1ccc(CCC(=COC=O)c2ccccc2)cc1. The van der Waals surface area contributed by atoms with Crippen LogP contribution in [-0.2, 0) is 16.0 Å². The Balaban J connectivity index is 2.07. The number of carbonyl (C=O) groups excluding carboxylic acids is 1. The zero-order chi connectivity index (χ0) is 14.9. The Bertz CT molecular complexity index is 588. The molecule has 0 atom stereocenters. The molecule has 0 aliphatic carbocycles. The van der Waals surface area contributed by atoms with Gasteiger partial charge >= 0.3 is 0 Å². The summed E-state index contributed by atoms with van der Waals surface area (Å²) >= 11 is 1.74. The fourth-order valence-corrected chi connectivity index (χ4v) is 2.51. The number of benzene rings is 2. The van der Waals surface area contributed by atoms with Gasteiger partial charge in [0.25, 0.3) is 6.47 Å². The third-order valence-electron chi connectivity index (χ3n) is 3.25. The predicted octanol–water partition coefficient (Wildman–Crippen LogP) is 4.56. The van der Waals surface area contributed by atoms with Gasteiger partial charge in [0, 0.05) is 4.90 Å². The van der Waals surface area contributed by atoms with E-state index in [-0.39, 0.29) is 0 Å². The van der Waals surface area contributed by atoms with E-state index in [1.165, 1.54) is 10.5 Å². The van der Waals surface area contributed by atoms with Crippen molar-refractivity contribution in [3.05, 3.63) is 72.0 Å². The Morgan fingerprint density at radius 1 is 1.10 bits per heavy atom. The number of ether oxygens (including phenoxy) is 1. The zero-order valence-electron chi connectivity index (χ0n) is 12.0. The van der Waals surface area contributed by atoms with Gasteiger partial charge in [-0.2, -0.15) is 0 Å². The molecule has 0 heterocycles. The van der Waals surface area contributed by atoms with E-state index < -0.39 is 0 Å². The van der Waals surface area contributed by atoms with E-state index in [9.17, 15) is 4.79 Å². The van der Waals surface area contributed by atoms with Crippen LogP contribution < -0.4 is 0 Å². The fraction of sp³-hybridized carbons (Fsp3) is 0.167. The molecule has 3 heteroatoms. The van der Waals surface area contributed by atoms with Gasteiger partial charge in [0.2, 0.25) is 0 Å². The van der Waals surface area contributed by atoms with Crippen LogP contribution in [0.3, 0.4) is 0 Å².